The topological polar surface area (TPSA) is 61.8 Å². The fourth-order valence-corrected chi connectivity index (χ4v) is 4.32. The third kappa shape index (κ3) is 15.0. The minimum absolute atomic E-state index is 0.0583. The fourth-order valence-electron chi connectivity index (χ4n) is 4.32. The van der Waals surface area contributed by atoms with Crippen LogP contribution in [0, 0.1) is 23.7 Å². The lowest BCUT2D eigenvalue weighted by Gasteiger charge is -2.16. The van der Waals surface area contributed by atoms with Gasteiger partial charge < -0.3 is 14.2 Å². The summed E-state index contributed by atoms with van der Waals surface area (Å²) in [4.78, 5) is 23.5. The van der Waals surface area contributed by atoms with E-state index < -0.39 is 11.9 Å². The van der Waals surface area contributed by atoms with Gasteiger partial charge in [-0.3, -0.25) is 0 Å². The van der Waals surface area contributed by atoms with Gasteiger partial charge in [-0.05, 0) is 54.4 Å². The molecular weight excluding hydrogens is 440 g/mol. The molecule has 1 aromatic rings. The summed E-state index contributed by atoms with van der Waals surface area (Å²) in [6.07, 6.45) is 13.0. The van der Waals surface area contributed by atoms with E-state index in [0.717, 1.165) is 24.2 Å². The molecule has 0 fully saturated rings. The second kappa shape index (κ2) is 18.4. The largest absolute Gasteiger partial charge is 0.465 e. The van der Waals surface area contributed by atoms with E-state index in [0.29, 0.717) is 23.7 Å². The maximum absolute atomic E-state index is 12.1. The van der Waals surface area contributed by atoms with Crippen LogP contribution in [-0.2, 0) is 14.2 Å². The van der Waals surface area contributed by atoms with Gasteiger partial charge in [0.05, 0.1) is 24.8 Å². The maximum atomic E-state index is 12.1. The van der Waals surface area contributed by atoms with E-state index in [1.807, 2.05) is 0 Å². The molecule has 0 aliphatic carbocycles. The van der Waals surface area contributed by atoms with Crippen molar-refractivity contribution in [2.24, 2.45) is 23.7 Å². The summed E-state index contributed by atoms with van der Waals surface area (Å²) in [5.74, 6) is 2.21. The highest BCUT2D eigenvalue weighted by molar-refractivity contribution is 5.93. The first-order valence-corrected chi connectivity index (χ1v) is 13.7. The van der Waals surface area contributed by atoms with Crippen molar-refractivity contribution >= 4 is 11.9 Å². The number of carbonyl (C=O) groups is 2. The fraction of sp³-hybridized carbons (Fsp3) is 0.733. The highest BCUT2D eigenvalue weighted by atomic mass is 16.7. The van der Waals surface area contributed by atoms with Crippen LogP contribution in [0.2, 0.25) is 0 Å². The molecule has 0 saturated carbocycles. The molecule has 0 aliphatic heterocycles. The number of carbonyl (C=O) groups excluding carboxylic acids is 2. The van der Waals surface area contributed by atoms with Crippen molar-refractivity contribution in [3.05, 3.63) is 35.4 Å². The number of hydrogen-bond acceptors (Lipinski definition) is 5. The van der Waals surface area contributed by atoms with Crippen LogP contribution in [0.4, 0.5) is 0 Å². The number of methoxy groups -OCH3 is 1. The van der Waals surface area contributed by atoms with Crippen molar-refractivity contribution in [1.82, 2.24) is 0 Å². The number of rotatable bonds is 19. The number of ether oxygens (including phenoxy) is 3. The van der Waals surface area contributed by atoms with Gasteiger partial charge in [0.2, 0.25) is 0 Å². The van der Waals surface area contributed by atoms with Crippen molar-refractivity contribution in [2.75, 3.05) is 20.5 Å². The number of benzene rings is 1. The summed E-state index contributed by atoms with van der Waals surface area (Å²) in [7, 11) is 1.32. The first kappa shape index (κ1) is 31.2. The van der Waals surface area contributed by atoms with Crippen LogP contribution in [0.5, 0.6) is 0 Å². The monoisotopic (exact) mass is 490 g/mol. The van der Waals surface area contributed by atoms with Crippen molar-refractivity contribution in [3.63, 3.8) is 0 Å². The third-order valence-electron chi connectivity index (χ3n) is 6.84. The highest BCUT2D eigenvalue weighted by Gasteiger charge is 2.11. The molecule has 5 heteroatoms. The maximum Gasteiger partial charge on any atom is 0.340 e. The summed E-state index contributed by atoms with van der Waals surface area (Å²) in [5, 5.41) is 0. The average Bonchev–Trinajstić information content (AvgIpc) is 2.83. The summed E-state index contributed by atoms with van der Waals surface area (Å²) in [6.45, 7) is 12.2. The summed E-state index contributed by atoms with van der Waals surface area (Å²) in [5.41, 5.74) is 0.773. The van der Waals surface area contributed by atoms with E-state index in [2.05, 4.69) is 39.4 Å². The Morgan fingerprint density at radius 2 is 1.09 bits per heavy atom. The predicted octanol–water partition coefficient (Wildman–Crippen LogP) is 8.07. The van der Waals surface area contributed by atoms with Gasteiger partial charge in [-0.15, -0.1) is 0 Å². The Hall–Kier alpha value is -1.88. The molecule has 3 unspecified atom stereocenters. The molecular formula is C30H50O5. The molecule has 0 saturated heterocycles. The zero-order valence-electron chi connectivity index (χ0n) is 23.1. The van der Waals surface area contributed by atoms with Gasteiger partial charge in [0.1, 0.15) is 0 Å². The highest BCUT2D eigenvalue weighted by Crippen LogP contribution is 2.22. The normalized spacial score (nSPS) is 13.9. The van der Waals surface area contributed by atoms with Gasteiger partial charge >= 0.3 is 11.9 Å². The van der Waals surface area contributed by atoms with Crippen LogP contribution in [0.25, 0.3) is 0 Å². The number of hydrogen-bond donors (Lipinski definition) is 0. The van der Waals surface area contributed by atoms with Crippen LogP contribution >= 0.6 is 0 Å². The van der Waals surface area contributed by atoms with Crippen molar-refractivity contribution in [3.8, 4) is 0 Å². The first-order chi connectivity index (χ1) is 16.7. The SMILES string of the molecule is COC(=O)c1ccc(C(=O)OCOCCC(C)CCCC(C)CCCC(C)CCCC(C)C)cc1. The molecule has 0 amide bonds. The van der Waals surface area contributed by atoms with Gasteiger partial charge in [0, 0.05) is 0 Å². The second-order valence-electron chi connectivity index (χ2n) is 10.8. The summed E-state index contributed by atoms with van der Waals surface area (Å²) < 4.78 is 15.3. The Balaban J connectivity index is 2.05. The molecule has 1 aromatic carbocycles. The summed E-state index contributed by atoms with van der Waals surface area (Å²) in [6, 6.07) is 6.18. The molecule has 35 heavy (non-hydrogen) atoms. The van der Waals surface area contributed by atoms with Crippen molar-refractivity contribution in [2.45, 2.75) is 98.8 Å². The third-order valence-corrected chi connectivity index (χ3v) is 6.84. The molecule has 0 heterocycles. The summed E-state index contributed by atoms with van der Waals surface area (Å²) >= 11 is 0. The molecule has 0 radical (unpaired) electrons. The van der Waals surface area contributed by atoms with Crippen molar-refractivity contribution in [1.29, 1.82) is 0 Å². The molecule has 200 valence electrons. The van der Waals surface area contributed by atoms with Gasteiger partial charge in [-0.2, -0.15) is 0 Å². The van der Waals surface area contributed by atoms with Crippen molar-refractivity contribution < 1.29 is 23.8 Å². The molecule has 1 rings (SSSR count). The van der Waals surface area contributed by atoms with Crippen LogP contribution < -0.4 is 0 Å². The Bertz CT molecular complexity index is 697. The lowest BCUT2D eigenvalue weighted by atomic mass is 9.91. The van der Waals surface area contributed by atoms with E-state index in [1.165, 1.54) is 64.9 Å². The van der Waals surface area contributed by atoms with E-state index in [-0.39, 0.29) is 6.79 Å². The van der Waals surface area contributed by atoms with Gasteiger partial charge in [-0.1, -0.05) is 92.4 Å². The van der Waals surface area contributed by atoms with Gasteiger partial charge in [0.25, 0.3) is 0 Å². The van der Waals surface area contributed by atoms with Crippen LogP contribution in [0.3, 0.4) is 0 Å². The molecule has 5 nitrogen and oxygen atoms in total. The first-order valence-electron chi connectivity index (χ1n) is 13.7. The Labute approximate surface area is 214 Å². The molecule has 0 aliphatic rings. The minimum Gasteiger partial charge on any atom is -0.465 e. The zero-order chi connectivity index (χ0) is 26.1. The quantitative estimate of drug-likeness (QED) is 0.111. The van der Waals surface area contributed by atoms with E-state index in [1.54, 1.807) is 24.3 Å². The van der Waals surface area contributed by atoms with Gasteiger partial charge in [0.15, 0.2) is 6.79 Å². The van der Waals surface area contributed by atoms with E-state index in [4.69, 9.17) is 9.47 Å². The molecule has 0 spiro atoms. The van der Waals surface area contributed by atoms with Crippen LogP contribution in [0.1, 0.15) is 120 Å². The lowest BCUT2D eigenvalue weighted by Crippen LogP contribution is -2.11. The van der Waals surface area contributed by atoms with Gasteiger partial charge in [-0.25, -0.2) is 9.59 Å². The van der Waals surface area contributed by atoms with Crippen LogP contribution in [-0.4, -0.2) is 32.4 Å². The smallest absolute Gasteiger partial charge is 0.340 e. The standard InChI is InChI=1S/C30H50O5/c1-23(2)10-7-11-24(3)12-8-13-25(4)14-9-15-26(5)20-21-34-22-35-30(32)28-18-16-27(17-19-28)29(31)33-6/h16-19,23-26H,7-15,20-22H2,1-6H3. The minimum atomic E-state index is -0.464. The molecule has 0 aromatic heterocycles. The Morgan fingerprint density at radius 1 is 0.657 bits per heavy atom. The number of esters is 2. The van der Waals surface area contributed by atoms with E-state index in [9.17, 15) is 9.59 Å². The lowest BCUT2D eigenvalue weighted by molar-refractivity contribution is -0.0343. The Kier molecular flexibility index (Phi) is 16.4. The Morgan fingerprint density at radius 3 is 1.54 bits per heavy atom. The molecule has 3 atom stereocenters. The van der Waals surface area contributed by atoms with Crippen LogP contribution in [0.15, 0.2) is 24.3 Å². The average molecular weight is 491 g/mol. The molecule has 0 bridgehead atoms. The predicted molar refractivity (Wildman–Crippen MR) is 143 cm³/mol. The van der Waals surface area contributed by atoms with E-state index >= 15 is 0 Å². The second-order valence-corrected chi connectivity index (χ2v) is 10.8. The zero-order valence-corrected chi connectivity index (χ0v) is 23.1. The molecule has 0 N–H and O–H groups in total.